The van der Waals surface area contributed by atoms with Crippen LogP contribution in [-0.4, -0.2) is 49.7 Å². The van der Waals surface area contributed by atoms with Crippen molar-refractivity contribution in [2.45, 2.75) is 26.4 Å². The van der Waals surface area contributed by atoms with E-state index in [-0.39, 0.29) is 12.0 Å². The molecular weight excluding hydrogens is 218 g/mol. The van der Waals surface area contributed by atoms with Gasteiger partial charge in [0.25, 0.3) is 5.91 Å². The fourth-order valence-corrected chi connectivity index (χ4v) is 1.84. The lowest BCUT2D eigenvalue weighted by molar-refractivity contribution is -0.145. The van der Waals surface area contributed by atoms with Crippen LogP contribution in [-0.2, 0) is 9.53 Å². The number of ether oxygens (including phenoxy) is 1. The highest BCUT2D eigenvalue weighted by Crippen LogP contribution is 2.06. The van der Waals surface area contributed by atoms with E-state index in [1.54, 1.807) is 4.90 Å². The van der Waals surface area contributed by atoms with Gasteiger partial charge in [-0.1, -0.05) is 13.8 Å². The van der Waals surface area contributed by atoms with Crippen LogP contribution in [0.4, 0.5) is 0 Å². The number of nitrogens with one attached hydrogen (secondary N) is 1. The molecule has 0 aromatic carbocycles. The number of nitrogens with zero attached hydrogens (tertiary/aromatic N) is 2. The number of carbonyl (C=O) groups is 1. The van der Waals surface area contributed by atoms with E-state index in [1.807, 2.05) is 0 Å². The number of hydrogen-bond donors (Lipinski definition) is 1. The second kappa shape index (κ2) is 7.25. The SMILES string of the molecule is CC(C)CN(CCC#N)C(=O)C1CNCCO1. The Bertz CT molecular complexity index is 280. The van der Waals surface area contributed by atoms with Crippen LogP contribution in [0, 0.1) is 17.2 Å². The van der Waals surface area contributed by atoms with Gasteiger partial charge in [0.05, 0.1) is 19.1 Å². The van der Waals surface area contributed by atoms with Gasteiger partial charge in [-0.2, -0.15) is 5.26 Å². The fourth-order valence-electron chi connectivity index (χ4n) is 1.84. The molecule has 1 heterocycles. The lowest BCUT2D eigenvalue weighted by Crippen LogP contribution is -2.50. The number of morpholine rings is 1. The Labute approximate surface area is 103 Å². The largest absolute Gasteiger partial charge is 0.366 e. The van der Waals surface area contributed by atoms with E-state index in [9.17, 15) is 4.79 Å². The minimum absolute atomic E-state index is 0.00106. The molecule has 1 aliphatic rings. The first-order valence-electron chi connectivity index (χ1n) is 6.13. The molecular formula is C12H21N3O2. The number of hydrogen-bond acceptors (Lipinski definition) is 4. The molecule has 17 heavy (non-hydrogen) atoms. The summed E-state index contributed by atoms with van der Waals surface area (Å²) < 4.78 is 5.45. The average molecular weight is 239 g/mol. The van der Waals surface area contributed by atoms with Gasteiger partial charge in [-0.05, 0) is 5.92 Å². The van der Waals surface area contributed by atoms with Crippen molar-refractivity contribution in [1.29, 1.82) is 5.26 Å². The molecule has 1 fully saturated rings. The van der Waals surface area contributed by atoms with Crippen LogP contribution in [0.1, 0.15) is 20.3 Å². The molecule has 0 spiro atoms. The molecule has 96 valence electrons. The van der Waals surface area contributed by atoms with Gasteiger partial charge in [0.1, 0.15) is 6.10 Å². The average Bonchev–Trinajstić information content (AvgIpc) is 2.34. The standard InChI is InChI=1S/C12H21N3O2/c1-10(2)9-15(6-3-4-13)12(16)11-8-14-5-7-17-11/h10-11,14H,3,5-9H2,1-2H3. The summed E-state index contributed by atoms with van der Waals surface area (Å²) in [6.07, 6.45) is -0.0142. The first-order chi connectivity index (χ1) is 8.15. The van der Waals surface area contributed by atoms with Crippen LogP contribution in [0.2, 0.25) is 0 Å². The maximum Gasteiger partial charge on any atom is 0.253 e. The lowest BCUT2D eigenvalue weighted by atomic mass is 10.1. The van der Waals surface area contributed by atoms with E-state index in [0.29, 0.717) is 38.6 Å². The molecule has 5 heteroatoms. The summed E-state index contributed by atoms with van der Waals surface area (Å²) in [5, 5.41) is 11.8. The predicted octanol–water partition coefficient (Wildman–Crippen LogP) is 0.373. The summed E-state index contributed by atoms with van der Waals surface area (Å²) in [5.74, 6) is 0.398. The molecule has 1 amide bonds. The van der Waals surface area contributed by atoms with Gasteiger partial charge in [-0.25, -0.2) is 0 Å². The molecule has 5 nitrogen and oxygen atoms in total. The van der Waals surface area contributed by atoms with Crippen LogP contribution in [0.3, 0.4) is 0 Å². The highest BCUT2D eigenvalue weighted by Gasteiger charge is 2.26. The van der Waals surface area contributed by atoms with Crippen LogP contribution in [0.15, 0.2) is 0 Å². The fraction of sp³-hybridized carbons (Fsp3) is 0.833. The van der Waals surface area contributed by atoms with Crippen molar-refractivity contribution >= 4 is 5.91 Å². The molecule has 0 aliphatic carbocycles. The molecule has 0 saturated carbocycles. The normalized spacial score (nSPS) is 20.0. The van der Waals surface area contributed by atoms with E-state index < -0.39 is 0 Å². The van der Waals surface area contributed by atoms with Crippen LogP contribution < -0.4 is 5.32 Å². The van der Waals surface area contributed by atoms with Crippen molar-refractivity contribution in [3.05, 3.63) is 0 Å². The Morgan fingerprint density at radius 2 is 2.41 bits per heavy atom. The zero-order valence-electron chi connectivity index (χ0n) is 10.6. The first-order valence-corrected chi connectivity index (χ1v) is 6.13. The smallest absolute Gasteiger partial charge is 0.253 e. The highest BCUT2D eigenvalue weighted by atomic mass is 16.5. The quantitative estimate of drug-likeness (QED) is 0.753. The summed E-state index contributed by atoms with van der Waals surface area (Å²) in [7, 11) is 0. The molecule has 0 aromatic heterocycles. The summed E-state index contributed by atoms with van der Waals surface area (Å²) >= 11 is 0. The van der Waals surface area contributed by atoms with Crippen molar-refractivity contribution in [3.63, 3.8) is 0 Å². The topological polar surface area (TPSA) is 65.4 Å². The number of rotatable bonds is 5. The zero-order chi connectivity index (χ0) is 12.7. The van der Waals surface area contributed by atoms with Gasteiger partial charge in [-0.3, -0.25) is 4.79 Å². The Morgan fingerprint density at radius 1 is 1.65 bits per heavy atom. The van der Waals surface area contributed by atoms with Crippen LogP contribution in [0.5, 0.6) is 0 Å². The molecule has 1 aliphatic heterocycles. The minimum Gasteiger partial charge on any atom is -0.366 e. The van der Waals surface area contributed by atoms with Gasteiger partial charge in [-0.15, -0.1) is 0 Å². The zero-order valence-corrected chi connectivity index (χ0v) is 10.6. The van der Waals surface area contributed by atoms with Crippen molar-refractivity contribution < 1.29 is 9.53 Å². The van der Waals surface area contributed by atoms with Gasteiger partial charge in [0.15, 0.2) is 0 Å². The summed E-state index contributed by atoms with van der Waals surface area (Å²) in [4.78, 5) is 13.9. The van der Waals surface area contributed by atoms with Gasteiger partial charge >= 0.3 is 0 Å². The molecule has 1 N–H and O–H groups in total. The van der Waals surface area contributed by atoms with Gasteiger partial charge in [0.2, 0.25) is 0 Å². The molecule has 1 unspecified atom stereocenters. The molecule has 1 atom stereocenters. The van der Waals surface area contributed by atoms with Crippen LogP contribution >= 0.6 is 0 Å². The van der Waals surface area contributed by atoms with E-state index >= 15 is 0 Å². The Balaban J connectivity index is 2.54. The molecule has 0 aromatic rings. The third-order valence-electron chi connectivity index (χ3n) is 2.59. The Morgan fingerprint density at radius 3 is 2.94 bits per heavy atom. The third kappa shape index (κ3) is 4.72. The minimum atomic E-state index is -0.388. The van der Waals surface area contributed by atoms with E-state index in [4.69, 9.17) is 10.00 Å². The molecule has 0 radical (unpaired) electrons. The van der Waals surface area contributed by atoms with E-state index in [2.05, 4.69) is 25.2 Å². The Kier molecular flexibility index (Phi) is 5.95. The van der Waals surface area contributed by atoms with E-state index in [0.717, 1.165) is 6.54 Å². The monoisotopic (exact) mass is 239 g/mol. The second-order valence-corrected chi connectivity index (χ2v) is 4.65. The second-order valence-electron chi connectivity index (χ2n) is 4.65. The molecule has 1 saturated heterocycles. The van der Waals surface area contributed by atoms with Crippen LogP contribution in [0.25, 0.3) is 0 Å². The van der Waals surface area contributed by atoms with E-state index in [1.165, 1.54) is 0 Å². The van der Waals surface area contributed by atoms with Crippen molar-refractivity contribution in [1.82, 2.24) is 10.2 Å². The number of amides is 1. The maximum absolute atomic E-state index is 12.2. The molecule has 0 bridgehead atoms. The maximum atomic E-state index is 12.2. The number of carbonyl (C=O) groups excluding carboxylic acids is 1. The predicted molar refractivity (Wildman–Crippen MR) is 64.3 cm³/mol. The van der Waals surface area contributed by atoms with Gasteiger partial charge in [0, 0.05) is 26.2 Å². The van der Waals surface area contributed by atoms with Crippen molar-refractivity contribution in [2.24, 2.45) is 5.92 Å². The van der Waals surface area contributed by atoms with Gasteiger partial charge < -0.3 is 15.0 Å². The first kappa shape index (κ1) is 13.9. The Hall–Kier alpha value is -1.12. The molecule has 1 rings (SSSR count). The number of nitriles is 1. The summed E-state index contributed by atoms with van der Waals surface area (Å²) in [6, 6.07) is 2.08. The third-order valence-corrected chi connectivity index (χ3v) is 2.59. The summed E-state index contributed by atoms with van der Waals surface area (Å²) in [6.45, 7) is 7.24. The van der Waals surface area contributed by atoms with Crippen molar-refractivity contribution in [2.75, 3.05) is 32.8 Å². The lowest BCUT2D eigenvalue weighted by Gasteiger charge is -2.30. The summed E-state index contributed by atoms with van der Waals surface area (Å²) in [5.41, 5.74) is 0. The van der Waals surface area contributed by atoms with Crippen molar-refractivity contribution in [3.8, 4) is 6.07 Å². The highest BCUT2D eigenvalue weighted by molar-refractivity contribution is 5.81.